The van der Waals surface area contributed by atoms with Gasteiger partial charge in [0.25, 0.3) is 0 Å². The minimum absolute atomic E-state index is 0.195. The summed E-state index contributed by atoms with van der Waals surface area (Å²) in [4.78, 5) is 0. The van der Waals surface area contributed by atoms with Crippen LogP contribution in [-0.4, -0.2) is 24.5 Å². The Labute approximate surface area is 103 Å². The van der Waals surface area contributed by atoms with Gasteiger partial charge in [0.2, 0.25) is 0 Å². The molecule has 0 fully saturated rings. The molecule has 18 heavy (non-hydrogen) atoms. The third-order valence-electron chi connectivity index (χ3n) is 2.19. The Morgan fingerprint density at radius 1 is 1.11 bits per heavy atom. The van der Waals surface area contributed by atoms with Crippen LogP contribution in [0.3, 0.4) is 0 Å². The Kier molecular flexibility index (Phi) is 4.84. The summed E-state index contributed by atoms with van der Waals surface area (Å²) >= 11 is 0. The summed E-state index contributed by atoms with van der Waals surface area (Å²) in [6.07, 6.45) is -7.22. The number of ether oxygens (including phenoxy) is 2. The fourth-order valence-corrected chi connectivity index (χ4v) is 1.43. The van der Waals surface area contributed by atoms with Crippen molar-refractivity contribution in [2.24, 2.45) is 0 Å². The molecule has 0 saturated carbocycles. The zero-order chi connectivity index (χ0) is 13.8. The molecule has 1 N–H and O–H groups in total. The van der Waals surface area contributed by atoms with Crippen LogP contribution in [0.5, 0.6) is 11.5 Å². The first-order valence-corrected chi connectivity index (χ1v) is 5.54. The number of aliphatic hydroxyl groups excluding tert-OH is 1. The molecule has 0 unspecified atom stereocenters. The van der Waals surface area contributed by atoms with E-state index in [9.17, 15) is 13.2 Å². The number of rotatable bonds is 5. The summed E-state index contributed by atoms with van der Waals surface area (Å²) in [7, 11) is 0. The van der Waals surface area contributed by atoms with E-state index in [1.54, 1.807) is 13.8 Å². The lowest BCUT2D eigenvalue weighted by Gasteiger charge is -2.17. The van der Waals surface area contributed by atoms with Crippen LogP contribution in [0, 0.1) is 0 Å². The highest BCUT2D eigenvalue weighted by Gasteiger charge is 2.39. The van der Waals surface area contributed by atoms with Crippen molar-refractivity contribution in [1.29, 1.82) is 0 Å². The molecule has 1 rings (SSSR count). The summed E-state index contributed by atoms with van der Waals surface area (Å²) in [5, 5.41) is 9.15. The van der Waals surface area contributed by atoms with Crippen LogP contribution >= 0.6 is 0 Å². The van der Waals surface area contributed by atoms with Crippen LogP contribution in [0.4, 0.5) is 13.2 Å². The average molecular weight is 264 g/mol. The predicted octanol–water partition coefficient (Wildman–Crippen LogP) is 3.08. The molecule has 0 spiro atoms. The first-order chi connectivity index (χ1) is 8.40. The minimum Gasteiger partial charge on any atom is -0.490 e. The molecule has 6 heteroatoms. The molecule has 0 heterocycles. The second-order valence-corrected chi connectivity index (χ2v) is 3.52. The molecule has 0 saturated heterocycles. The molecule has 0 aromatic heterocycles. The maximum Gasteiger partial charge on any atom is 0.418 e. The lowest BCUT2D eigenvalue weighted by atomic mass is 10.1. The molecular weight excluding hydrogens is 249 g/mol. The smallest absolute Gasteiger partial charge is 0.418 e. The van der Waals surface area contributed by atoms with Crippen LogP contribution in [0.15, 0.2) is 18.2 Å². The third-order valence-corrected chi connectivity index (χ3v) is 2.19. The zero-order valence-electron chi connectivity index (χ0n) is 10.1. The maximum absolute atomic E-state index is 12.4. The van der Waals surface area contributed by atoms with E-state index in [-0.39, 0.29) is 11.3 Å². The van der Waals surface area contributed by atoms with E-state index in [4.69, 9.17) is 14.6 Å². The van der Waals surface area contributed by atoms with Gasteiger partial charge in [0.05, 0.1) is 13.2 Å². The van der Waals surface area contributed by atoms with E-state index >= 15 is 0 Å². The Bertz CT molecular complexity index is 391. The molecular formula is C12H15F3O3. The average Bonchev–Trinajstić information content (AvgIpc) is 2.30. The largest absolute Gasteiger partial charge is 0.490 e. The number of halogens is 3. The van der Waals surface area contributed by atoms with Crippen molar-refractivity contribution in [2.45, 2.75) is 26.1 Å². The normalized spacial score (nSPS) is 13.2. The van der Waals surface area contributed by atoms with E-state index < -0.39 is 12.3 Å². The van der Waals surface area contributed by atoms with E-state index in [1.807, 2.05) is 0 Å². The van der Waals surface area contributed by atoms with Gasteiger partial charge in [0.15, 0.2) is 17.6 Å². The van der Waals surface area contributed by atoms with Crippen molar-refractivity contribution in [2.75, 3.05) is 13.2 Å². The van der Waals surface area contributed by atoms with Crippen LogP contribution in [0.25, 0.3) is 0 Å². The van der Waals surface area contributed by atoms with E-state index in [2.05, 4.69) is 0 Å². The van der Waals surface area contributed by atoms with E-state index in [1.165, 1.54) is 12.1 Å². The fourth-order valence-electron chi connectivity index (χ4n) is 1.43. The first-order valence-electron chi connectivity index (χ1n) is 5.54. The lowest BCUT2D eigenvalue weighted by Crippen LogP contribution is -2.20. The Balaban J connectivity index is 3.06. The summed E-state index contributed by atoms with van der Waals surface area (Å²) in [6.45, 7) is 4.14. The zero-order valence-corrected chi connectivity index (χ0v) is 10.1. The number of hydrogen-bond donors (Lipinski definition) is 1. The molecule has 1 aromatic rings. The topological polar surface area (TPSA) is 38.7 Å². The van der Waals surface area contributed by atoms with Gasteiger partial charge in [-0.25, -0.2) is 0 Å². The van der Waals surface area contributed by atoms with Crippen LogP contribution in [-0.2, 0) is 0 Å². The summed E-state index contributed by atoms with van der Waals surface area (Å²) < 4.78 is 47.5. The lowest BCUT2D eigenvalue weighted by molar-refractivity contribution is -0.206. The van der Waals surface area contributed by atoms with Crippen LogP contribution < -0.4 is 9.47 Å². The second kappa shape index (κ2) is 5.95. The molecule has 0 amide bonds. The first kappa shape index (κ1) is 14.6. The SMILES string of the molecule is CCOc1ccc([C@@H](O)C(F)(F)F)cc1OCC. The minimum atomic E-state index is -4.70. The van der Waals surface area contributed by atoms with Crippen molar-refractivity contribution in [3.63, 3.8) is 0 Å². The fraction of sp³-hybridized carbons (Fsp3) is 0.500. The van der Waals surface area contributed by atoms with Gasteiger partial charge in [0.1, 0.15) is 0 Å². The molecule has 0 aliphatic carbocycles. The van der Waals surface area contributed by atoms with Gasteiger partial charge in [-0.15, -0.1) is 0 Å². The van der Waals surface area contributed by atoms with Gasteiger partial charge in [-0.2, -0.15) is 13.2 Å². The van der Waals surface area contributed by atoms with Gasteiger partial charge in [-0.05, 0) is 31.5 Å². The number of benzene rings is 1. The standard InChI is InChI=1S/C12H15F3O3/c1-3-17-9-6-5-8(7-10(9)18-4-2)11(16)12(13,14)15/h5-7,11,16H,3-4H2,1-2H3/t11-/m1/s1. The quantitative estimate of drug-likeness (QED) is 0.888. The monoisotopic (exact) mass is 264 g/mol. The summed E-state index contributed by atoms with van der Waals surface area (Å²) in [5.41, 5.74) is -0.269. The Morgan fingerprint density at radius 3 is 2.17 bits per heavy atom. The van der Waals surface area contributed by atoms with Crippen molar-refractivity contribution in [3.8, 4) is 11.5 Å². The molecule has 1 atom stereocenters. The molecule has 0 aliphatic rings. The molecule has 102 valence electrons. The molecule has 0 radical (unpaired) electrons. The van der Waals surface area contributed by atoms with Crippen LogP contribution in [0.1, 0.15) is 25.5 Å². The van der Waals surface area contributed by atoms with Gasteiger partial charge >= 0.3 is 6.18 Å². The van der Waals surface area contributed by atoms with Crippen molar-refractivity contribution >= 4 is 0 Å². The van der Waals surface area contributed by atoms with Gasteiger partial charge in [-0.1, -0.05) is 6.07 Å². The molecule has 0 aliphatic heterocycles. The van der Waals surface area contributed by atoms with Crippen LogP contribution in [0.2, 0.25) is 0 Å². The van der Waals surface area contributed by atoms with Crippen molar-refractivity contribution in [3.05, 3.63) is 23.8 Å². The Hall–Kier alpha value is -1.43. The third kappa shape index (κ3) is 3.53. The molecule has 1 aromatic carbocycles. The number of aliphatic hydroxyl groups is 1. The van der Waals surface area contributed by atoms with E-state index in [0.29, 0.717) is 19.0 Å². The highest BCUT2D eigenvalue weighted by atomic mass is 19.4. The second-order valence-electron chi connectivity index (χ2n) is 3.52. The van der Waals surface area contributed by atoms with E-state index in [0.717, 1.165) is 6.07 Å². The molecule has 3 nitrogen and oxygen atoms in total. The summed E-state index contributed by atoms with van der Waals surface area (Å²) in [6, 6.07) is 3.68. The predicted molar refractivity (Wildman–Crippen MR) is 59.8 cm³/mol. The number of alkyl halides is 3. The van der Waals surface area contributed by atoms with Crippen molar-refractivity contribution < 1.29 is 27.8 Å². The van der Waals surface area contributed by atoms with Gasteiger partial charge in [0, 0.05) is 0 Å². The highest BCUT2D eigenvalue weighted by molar-refractivity contribution is 5.43. The summed E-state index contributed by atoms with van der Waals surface area (Å²) in [5.74, 6) is 0.553. The Morgan fingerprint density at radius 2 is 1.67 bits per heavy atom. The van der Waals surface area contributed by atoms with Crippen molar-refractivity contribution in [1.82, 2.24) is 0 Å². The maximum atomic E-state index is 12.4. The highest BCUT2D eigenvalue weighted by Crippen LogP contribution is 2.37. The van der Waals surface area contributed by atoms with Gasteiger partial charge in [-0.3, -0.25) is 0 Å². The number of hydrogen-bond acceptors (Lipinski definition) is 3. The van der Waals surface area contributed by atoms with Gasteiger partial charge < -0.3 is 14.6 Å². The molecule has 0 bridgehead atoms.